The number of piperazine rings is 1. The van der Waals surface area contributed by atoms with Gasteiger partial charge in [0.25, 0.3) is 5.91 Å². The van der Waals surface area contributed by atoms with Crippen LogP contribution in [0.3, 0.4) is 0 Å². The molecule has 33 heavy (non-hydrogen) atoms. The van der Waals surface area contributed by atoms with Crippen LogP contribution in [-0.4, -0.2) is 63.1 Å². The van der Waals surface area contributed by atoms with Gasteiger partial charge < -0.3 is 10.6 Å². The fourth-order valence-electron chi connectivity index (χ4n) is 5.48. The maximum absolute atomic E-state index is 13.5. The van der Waals surface area contributed by atoms with Crippen LogP contribution in [0.4, 0.5) is 0 Å². The zero-order valence-electron chi connectivity index (χ0n) is 19.1. The molecule has 0 aromatic carbocycles. The molecule has 1 aliphatic carbocycles. The molecule has 2 N–H and O–H groups in total. The number of nitrogens with zero attached hydrogens (tertiary/aromatic N) is 4. The predicted octanol–water partition coefficient (Wildman–Crippen LogP) is 3.80. The summed E-state index contributed by atoms with van der Waals surface area (Å²) in [5.74, 6) is 0.590. The minimum atomic E-state index is -0.113. The van der Waals surface area contributed by atoms with E-state index in [0.717, 1.165) is 32.5 Å². The van der Waals surface area contributed by atoms with Crippen molar-refractivity contribution in [2.24, 2.45) is 0 Å². The molecule has 5 rings (SSSR count). The van der Waals surface area contributed by atoms with Crippen molar-refractivity contribution in [3.05, 3.63) is 53.4 Å². The third kappa shape index (κ3) is 4.37. The van der Waals surface area contributed by atoms with Crippen LogP contribution < -0.4 is 10.6 Å². The summed E-state index contributed by atoms with van der Waals surface area (Å²) in [6.45, 7) is 5.92. The third-order valence-corrected chi connectivity index (χ3v) is 7.49. The van der Waals surface area contributed by atoms with E-state index in [4.69, 9.17) is 11.6 Å². The Labute approximate surface area is 199 Å². The van der Waals surface area contributed by atoms with Gasteiger partial charge in [-0.05, 0) is 38.0 Å². The van der Waals surface area contributed by atoms with Gasteiger partial charge in [0.1, 0.15) is 11.5 Å². The van der Waals surface area contributed by atoms with Gasteiger partial charge in [-0.2, -0.15) is 0 Å². The van der Waals surface area contributed by atoms with E-state index in [0.29, 0.717) is 40.0 Å². The summed E-state index contributed by atoms with van der Waals surface area (Å²) in [5.41, 5.74) is 1.19. The van der Waals surface area contributed by atoms with E-state index in [9.17, 15) is 4.79 Å². The van der Waals surface area contributed by atoms with Gasteiger partial charge in [-0.1, -0.05) is 36.9 Å². The summed E-state index contributed by atoms with van der Waals surface area (Å²) in [7, 11) is 0. The second-order valence-electron chi connectivity index (χ2n) is 9.36. The quantitative estimate of drug-likeness (QED) is 0.598. The molecule has 4 heterocycles. The first-order valence-electron chi connectivity index (χ1n) is 11.9. The molecule has 7 nitrogen and oxygen atoms in total. The molecule has 1 atom stereocenters. The van der Waals surface area contributed by atoms with Crippen LogP contribution >= 0.6 is 11.6 Å². The van der Waals surface area contributed by atoms with Gasteiger partial charge in [-0.3, -0.25) is 14.3 Å². The van der Waals surface area contributed by atoms with E-state index in [1.54, 1.807) is 18.5 Å². The van der Waals surface area contributed by atoms with E-state index >= 15 is 0 Å². The van der Waals surface area contributed by atoms with Gasteiger partial charge in [-0.25, -0.2) is 9.97 Å². The Balaban J connectivity index is 1.44. The number of amides is 1. The Morgan fingerprint density at radius 3 is 2.82 bits per heavy atom. The normalized spacial score (nSPS) is 21.2. The third-order valence-electron chi connectivity index (χ3n) is 7.18. The lowest BCUT2D eigenvalue weighted by Gasteiger charge is -2.49. The molecule has 3 aromatic heterocycles. The van der Waals surface area contributed by atoms with Crippen molar-refractivity contribution < 1.29 is 4.79 Å². The van der Waals surface area contributed by atoms with Crippen LogP contribution in [0.25, 0.3) is 16.9 Å². The number of halogens is 1. The second kappa shape index (κ2) is 9.41. The fraction of sp³-hybridized carbons (Fsp3) is 0.480. The van der Waals surface area contributed by atoms with Crippen LogP contribution in [0.1, 0.15) is 49.4 Å². The Morgan fingerprint density at radius 2 is 2.06 bits per heavy atom. The van der Waals surface area contributed by atoms with Crippen molar-refractivity contribution in [3.8, 4) is 5.82 Å². The number of pyridine rings is 2. The monoisotopic (exact) mass is 466 g/mol. The van der Waals surface area contributed by atoms with Crippen molar-refractivity contribution in [1.29, 1.82) is 0 Å². The van der Waals surface area contributed by atoms with Crippen LogP contribution in [0.2, 0.25) is 5.02 Å². The van der Waals surface area contributed by atoms with Gasteiger partial charge in [0.05, 0.1) is 16.0 Å². The molecule has 0 spiro atoms. The second-order valence-corrected chi connectivity index (χ2v) is 9.77. The van der Waals surface area contributed by atoms with E-state index in [-0.39, 0.29) is 11.4 Å². The molecular formula is C25H31ClN6O. The van der Waals surface area contributed by atoms with Crippen LogP contribution in [0.5, 0.6) is 0 Å². The minimum Gasteiger partial charge on any atom is -0.350 e. The zero-order chi connectivity index (χ0) is 22.8. The van der Waals surface area contributed by atoms with Gasteiger partial charge in [-0.15, -0.1) is 0 Å². The number of hydrogen-bond donors (Lipinski definition) is 2. The lowest BCUT2D eigenvalue weighted by atomic mass is 9.79. The molecule has 2 fully saturated rings. The van der Waals surface area contributed by atoms with Crippen molar-refractivity contribution in [2.75, 3.05) is 26.2 Å². The number of nitrogens with one attached hydrogen (secondary N) is 2. The van der Waals surface area contributed by atoms with Crippen molar-refractivity contribution in [1.82, 2.24) is 30.1 Å². The average molecular weight is 467 g/mol. The number of rotatable bonds is 5. The first-order chi connectivity index (χ1) is 16.1. The Bertz CT molecular complexity index is 1120. The van der Waals surface area contributed by atoms with Gasteiger partial charge in [0, 0.05) is 56.4 Å². The maximum Gasteiger partial charge on any atom is 0.253 e. The highest BCUT2D eigenvalue weighted by Crippen LogP contribution is 2.34. The lowest BCUT2D eigenvalue weighted by molar-refractivity contribution is 0.0273. The lowest BCUT2D eigenvalue weighted by Crippen LogP contribution is -2.63. The van der Waals surface area contributed by atoms with E-state index in [1.807, 2.05) is 29.0 Å². The molecule has 8 heteroatoms. The van der Waals surface area contributed by atoms with E-state index in [1.165, 1.54) is 19.3 Å². The van der Waals surface area contributed by atoms with Gasteiger partial charge in [0.2, 0.25) is 0 Å². The summed E-state index contributed by atoms with van der Waals surface area (Å²) in [6, 6.07) is 7.87. The molecule has 1 saturated heterocycles. The fourth-order valence-corrected chi connectivity index (χ4v) is 5.72. The molecule has 1 saturated carbocycles. The highest BCUT2D eigenvalue weighted by Gasteiger charge is 2.39. The van der Waals surface area contributed by atoms with Crippen molar-refractivity contribution in [3.63, 3.8) is 0 Å². The first kappa shape index (κ1) is 22.3. The van der Waals surface area contributed by atoms with E-state index in [2.05, 4.69) is 32.4 Å². The molecule has 3 aromatic rings. The van der Waals surface area contributed by atoms with Crippen molar-refractivity contribution >= 4 is 28.5 Å². The number of carbonyl (C=O) groups is 1. The number of hydrogen-bond acceptors (Lipinski definition) is 5. The SMILES string of the molecule is C[C@@H]1CN(C2(CNC(=O)c3cn(-c4ccccn4)c4nccc(Cl)c34)CCCCC2)CCN1. The summed E-state index contributed by atoms with van der Waals surface area (Å²) in [6.07, 6.45) is 11.1. The van der Waals surface area contributed by atoms with Crippen LogP contribution in [-0.2, 0) is 0 Å². The highest BCUT2D eigenvalue weighted by atomic mass is 35.5. The predicted molar refractivity (Wildman–Crippen MR) is 131 cm³/mol. The van der Waals surface area contributed by atoms with Crippen LogP contribution in [0, 0.1) is 0 Å². The molecule has 0 radical (unpaired) electrons. The Morgan fingerprint density at radius 1 is 1.21 bits per heavy atom. The first-order valence-corrected chi connectivity index (χ1v) is 12.3. The topological polar surface area (TPSA) is 75.1 Å². The number of aromatic nitrogens is 3. The largest absolute Gasteiger partial charge is 0.350 e. The van der Waals surface area contributed by atoms with Gasteiger partial charge in [0.15, 0.2) is 0 Å². The minimum absolute atomic E-state index is 0.0195. The molecule has 1 aliphatic heterocycles. The van der Waals surface area contributed by atoms with Gasteiger partial charge >= 0.3 is 0 Å². The standard InChI is InChI=1S/C25H31ClN6O/c1-18-15-31(14-13-27-18)25(9-4-2-5-10-25)17-30-24(33)19-16-32(21-7-3-6-11-28-21)23-22(19)20(26)8-12-29-23/h3,6-8,11-12,16,18,27H,2,4-5,9-10,13-15,17H2,1H3,(H,30,33)/t18-/m1/s1. The summed E-state index contributed by atoms with van der Waals surface area (Å²) in [4.78, 5) is 25.1. The summed E-state index contributed by atoms with van der Waals surface area (Å²) >= 11 is 6.55. The molecule has 0 unspecified atom stereocenters. The summed E-state index contributed by atoms with van der Waals surface area (Å²) in [5, 5.41) is 8.01. The highest BCUT2D eigenvalue weighted by molar-refractivity contribution is 6.36. The average Bonchev–Trinajstić information content (AvgIpc) is 3.25. The van der Waals surface area contributed by atoms with Crippen LogP contribution in [0.15, 0.2) is 42.9 Å². The molecule has 0 bridgehead atoms. The molecule has 174 valence electrons. The Hall–Kier alpha value is -2.48. The molecule has 2 aliphatic rings. The Kier molecular flexibility index (Phi) is 6.36. The number of fused-ring (bicyclic) bond motifs is 1. The maximum atomic E-state index is 13.5. The number of carbonyl (C=O) groups excluding carboxylic acids is 1. The van der Waals surface area contributed by atoms with E-state index < -0.39 is 0 Å². The molecule has 1 amide bonds. The summed E-state index contributed by atoms with van der Waals surface area (Å²) < 4.78 is 1.84. The molecular weight excluding hydrogens is 436 g/mol. The smallest absolute Gasteiger partial charge is 0.253 e. The zero-order valence-corrected chi connectivity index (χ0v) is 19.8. The van der Waals surface area contributed by atoms with Crippen molar-refractivity contribution in [2.45, 2.75) is 50.6 Å².